The van der Waals surface area contributed by atoms with Crippen LogP contribution in [0.5, 0.6) is 0 Å². The molecule has 1 rings (SSSR count). The number of hydrogen-bond donors (Lipinski definition) is 3. The van der Waals surface area contributed by atoms with Crippen molar-refractivity contribution in [2.24, 2.45) is 0 Å². The highest BCUT2D eigenvalue weighted by atomic mass is 16.2. The van der Waals surface area contributed by atoms with Crippen LogP contribution in [-0.2, 0) is 4.79 Å². The minimum Gasteiger partial charge on any atom is -0.333 e. The number of carbonyl (C=O) groups is 2. The first-order valence-electron chi connectivity index (χ1n) is 6.29. The molecule has 0 atom stereocenters. The van der Waals surface area contributed by atoms with Gasteiger partial charge in [-0.25, -0.2) is 4.79 Å². The number of rotatable bonds is 3. The van der Waals surface area contributed by atoms with Gasteiger partial charge in [-0.15, -0.1) is 0 Å². The molecule has 1 aromatic rings. The second kappa shape index (κ2) is 6.22. The normalized spacial score (nSPS) is 10.7. The van der Waals surface area contributed by atoms with Crippen molar-refractivity contribution in [3.63, 3.8) is 0 Å². The van der Waals surface area contributed by atoms with Gasteiger partial charge in [0.2, 0.25) is 5.91 Å². The van der Waals surface area contributed by atoms with E-state index in [2.05, 4.69) is 16.0 Å². The molecular formula is C14H21N3O2. The van der Waals surface area contributed by atoms with Crippen molar-refractivity contribution in [3.05, 3.63) is 24.3 Å². The third-order valence-electron chi connectivity index (χ3n) is 2.21. The van der Waals surface area contributed by atoms with Gasteiger partial charge in [-0.1, -0.05) is 13.0 Å². The van der Waals surface area contributed by atoms with Gasteiger partial charge in [-0.2, -0.15) is 0 Å². The lowest BCUT2D eigenvalue weighted by Crippen LogP contribution is -2.43. The molecule has 0 bridgehead atoms. The number of hydrogen-bond acceptors (Lipinski definition) is 2. The molecule has 0 unspecified atom stereocenters. The smallest absolute Gasteiger partial charge is 0.319 e. The molecule has 0 aliphatic carbocycles. The topological polar surface area (TPSA) is 70.2 Å². The van der Waals surface area contributed by atoms with Crippen molar-refractivity contribution < 1.29 is 9.59 Å². The molecule has 0 spiro atoms. The Balaban J connectivity index is 2.67. The van der Waals surface area contributed by atoms with Crippen LogP contribution in [0, 0.1) is 0 Å². The Labute approximate surface area is 113 Å². The standard InChI is InChI=1S/C14H21N3O2/c1-5-12(18)15-10-7-6-8-11(9-10)16-13(19)17-14(2,3)4/h6-9H,5H2,1-4H3,(H,15,18)(H2,16,17,19). The molecule has 0 fully saturated rings. The molecule has 5 heteroatoms. The average molecular weight is 263 g/mol. The first kappa shape index (κ1) is 15.0. The summed E-state index contributed by atoms with van der Waals surface area (Å²) in [4.78, 5) is 23.0. The van der Waals surface area contributed by atoms with Gasteiger partial charge >= 0.3 is 6.03 Å². The third-order valence-corrected chi connectivity index (χ3v) is 2.21. The molecule has 19 heavy (non-hydrogen) atoms. The number of carbonyl (C=O) groups excluding carboxylic acids is 2. The minimum absolute atomic E-state index is 0.0590. The van der Waals surface area contributed by atoms with Gasteiger partial charge < -0.3 is 16.0 Å². The van der Waals surface area contributed by atoms with Crippen LogP contribution in [0.4, 0.5) is 16.2 Å². The largest absolute Gasteiger partial charge is 0.333 e. The summed E-state index contributed by atoms with van der Waals surface area (Å²) in [5.74, 6) is -0.0590. The Bertz CT molecular complexity index is 464. The SMILES string of the molecule is CCC(=O)Nc1cccc(NC(=O)NC(C)(C)C)c1. The molecule has 104 valence electrons. The summed E-state index contributed by atoms with van der Waals surface area (Å²) in [7, 11) is 0. The first-order chi connectivity index (χ1) is 8.80. The molecule has 0 saturated heterocycles. The Kier molecular flexibility index (Phi) is 4.92. The van der Waals surface area contributed by atoms with E-state index in [0.29, 0.717) is 17.8 Å². The van der Waals surface area contributed by atoms with E-state index < -0.39 is 0 Å². The van der Waals surface area contributed by atoms with Gasteiger partial charge in [0.05, 0.1) is 0 Å². The molecule has 0 aliphatic heterocycles. The van der Waals surface area contributed by atoms with E-state index in [1.165, 1.54) is 0 Å². The maximum atomic E-state index is 11.7. The number of nitrogens with one attached hydrogen (secondary N) is 3. The van der Waals surface area contributed by atoms with Gasteiger partial charge in [-0.3, -0.25) is 4.79 Å². The Morgan fingerprint density at radius 2 is 1.68 bits per heavy atom. The van der Waals surface area contributed by atoms with E-state index >= 15 is 0 Å². The number of anilines is 2. The number of benzene rings is 1. The van der Waals surface area contributed by atoms with E-state index in [-0.39, 0.29) is 17.5 Å². The zero-order chi connectivity index (χ0) is 14.5. The minimum atomic E-state index is -0.294. The molecule has 0 radical (unpaired) electrons. The first-order valence-corrected chi connectivity index (χ1v) is 6.29. The molecule has 1 aromatic carbocycles. The molecule has 5 nitrogen and oxygen atoms in total. The highest BCUT2D eigenvalue weighted by Gasteiger charge is 2.13. The van der Waals surface area contributed by atoms with Crippen LogP contribution in [0.3, 0.4) is 0 Å². The van der Waals surface area contributed by atoms with Crippen LogP contribution in [-0.4, -0.2) is 17.5 Å². The predicted octanol–water partition coefficient (Wildman–Crippen LogP) is 2.96. The van der Waals surface area contributed by atoms with Crippen LogP contribution < -0.4 is 16.0 Å². The molecular weight excluding hydrogens is 242 g/mol. The summed E-state index contributed by atoms with van der Waals surface area (Å²) in [5, 5.41) is 8.27. The number of amides is 3. The molecule has 0 heterocycles. The van der Waals surface area contributed by atoms with Gasteiger partial charge in [0, 0.05) is 23.3 Å². The van der Waals surface area contributed by atoms with Crippen molar-refractivity contribution in [2.45, 2.75) is 39.7 Å². The summed E-state index contributed by atoms with van der Waals surface area (Å²) >= 11 is 0. The summed E-state index contributed by atoms with van der Waals surface area (Å²) in [6.45, 7) is 7.51. The van der Waals surface area contributed by atoms with Crippen molar-refractivity contribution >= 4 is 23.3 Å². The Hall–Kier alpha value is -2.04. The van der Waals surface area contributed by atoms with Crippen LogP contribution >= 0.6 is 0 Å². The fourth-order valence-corrected chi connectivity index (χ4v) is 1.43. The fourth-order valence-electron chi connectivity index (χ4n) is 1.43. The van der Waals surface area contributed by atoms with Gasteiger partial charge in [-0.05, 0) is 39.0 Å². The average Bonchev–Trinajstić information content (AvgIpc) is 2.26. The predicted molar refractivity (Wildman–Crippen MR) is 77.3 cm³/mol. The van der Waals surface area contributed by atoms with Crippen molar-refractivity contribution in [3.8, 4) is 0 Å². The van der Waals surface area contributed by atoms with E-state index in [1.807, 2.05) is 20.8 Å². The van der Waals surface area contributed by atoms with Crippen LogP contribution in [0.2, 0.25) is 0 Å². The second-order valence-corrected chi connectivity index (χ2v) is 5.31. The number of urea groups is 1. The highest BCUT2D eigenvalue weighted by molar-refractivity contribution is 5.93. The maximum absolute atomic E-state index is 11.7. The molecule has 0 aromatic heterocycles. The van der Waals surface area contributed by atoms with Gasteiger partial charge in [0.1, 0.15) is 0 Å². The van der Waals surface area contributed by atoms with Gasteiger partial charge in [0.25, 0.3) is 0 Å². The zero-order valence-electron chi connectivity index (χ0n) is 11.8. The van der Waals surface area contributed by atoms with E-state index in [1.54, 1.807) is 31.2 Å². The van der Waals surface area contributed by atoms with Crippen LogP contribution in [0.25, 0.3) is 0 Å². The quantitative estimate of drug-likeness (QED) is 0.784. The van der Waals surface area contributed by atoms with Crippen molar-refractivity contribution in [1.29, 1.82) is 0 Å². The molecule has 3 N–H and O–H groups in total. The molecule has 3 amide bonds. The summed E-state index contributed by atoms with van der Waals surface area (Å²) < 4.78 is 0. The summed E-state index contributed by atoms with van der Waals surface area (Å²) in [6.07, 6.45) is 0.419. The monoisotopic (exact) mass is 263 g/mol. The van der Waals surface area contributed by atoms with Crippen LogP contribution in [0.1, 0.15) is 34.1 Å². The molecule has 0 aliphatic rings. The summed E-state index contributed by atoms with van der Waals surface area (Å²) in [5.41, 5.74) is 1.01. The zero-order valence-corrected chi connectivity index (χ0v) is 11.8. The Morgan fingerprint density at radius 3 is 2.21 bits per heavy atom. The lowest BCUT2D eigenvalue weighted by molar-refractivity contribution is -0.115. The molecule has 0 saturated carbocycles. The fraction of sp³-hybridized carbons (Fsp3) is 0.429. The van der Waals surface area contributed by atoms with Crippen LogP contribution in [0.15, 0.2) is 24.3 Å². The summed E-state index contributed by atoms with van der Waals surface area (Å²) in [6, 6.07) is 6.77. The van der Waals surface area contributed by atoms with Gasteiger partial charge in [0.15, 0.2) is 0 Å². The van der Waals surface area contributed by atoms with E-state index in [9.17, 15) is 9.59 Å². The maximum Gasteiger partial charge on any atom is 0.319 e. The lowest BCUT2D eigenvalue weighted by atomic mass is 10.1. The Morgan fingerprint density at radius 1 is 1.11 bits per heavy atom. The van der Waals surface area contributed by atoms with Crippen molar-refractivity contribution in [2.75, 3.05) is 10.6 Å². The van der Waals surface area contributed by atoms with E-state index in [0.717, 1.165) is 0 Å². The highest BCUT2D eigenvalue weighted by Crippen LogP contribution is 2.15. The third kappa shape index (κ3) is 5.90. The lowest BCUT2D eigenvalue weighted by Gasteiger charge is -2.20. The second-order valence-electron chi connectivity index (χ2n) is 5.31. The van der Waals surface area contributed by atoms with Crippen molar-refractivity contribution in [1.82, 2.24) is 5.32 Å². The van der Waals surface area contributed by atoms with E-state index in [4.69, 9.17) is 0 Å².